The fraction of sp³-hybridized carbons (Fsp3) is 0.471. The summed E-state index contributed by atoms with van der Waals surface area (Å²) in [6, 6.07) is 4.96. The molecular formula is C17H21N3O3S. The number of carbonyl (C=O) groups excluding carboxylic acids is 1. The fourth-order valence-corrected chi connectivity index (χ4v) is 3.49. The highest BCUT2D eigenvalue weighted by atomic mass is 32.1. The smallest absolute Gasteiger partial charge is 0.259 e. The molecule has 0 radical (unpaired) electrons. The van der Waals surface area contributed by atoms with E-state index in [2.05, 4.69) is 15.3 Å². The molecule has 1 fully saturated rings. The van der Waals surface area contributed by atoms with E-state index in [0.717, 1.165) is 25.7 Å². The average molecular weight is 347 g/mol. The molecule has 3 N–H and O–H groups in total. The number of carbonyl (C=O) groups is 1. The number of ether oxygens (including phenoxy) is 1. The molecule has 128 valence electrons. The zero-order chi connectivity index (χ0) is 17.1. The van der Waals surface area contributed by atoms with Crippen LogP contribution < -0.4 is 10.9 Å². The molecule has 0 spiro atoms. The second-order valence-electron chi connectivity index (χ2n) is 6.16. The van der Waals surface area contributed by atoms with Gasteiger partial charge in [-0.05, 0) is 43.3 Å². The van der Waals surface area contributed by atoms with Crippen molar-refractivity contribution in [3.8, 4) is 0 Å². The lowest BCUT2D eigenvalue weighted by molar-refractivity contribution is 0.0568. The van der Waals surface area contributed by atoms with Crippen LogP contribution in [0.4, 0.5) is 0 Å². The minimum Gasteiger partial charge on any atom is -0.379 e. The number of hydrogen-bond acceptors (Lipinski definition) is 4. The van der Waals surface area contributed by atoms with Crippen molar-refractivity contribution in [1.82, 2.24) is 15.3 Å². The van der Waals surface area contributed by atoms with Crippen molar-refractivity contribution >= 4 is 29.0 Å². The molecule has 1 amide bonds. The van der Waals surface area contributed by atoms with Gasteiger partial charge in [0, 0.05) is 12.7 Å². The van der Waals surface area contributed by atoms with E-state index >= 15 is 0 Å². The second-order valence-corrected chi connectivity index (χ2v) is 6.57. The lowest BCUT2D eigenvalue weighted by Crippen LogP contribution is -2.43. The van der Waals surface area contributed by atoms with E-state index < -0.39 is 0 Å². The molecule has 6 nitrogen and oxygen atoms in total. The molecule has 2 aromatic rings. The normalized spacial score (nSPS) is 21.4. The summed E-state index contributed by atoms with van der Waals surface area (Å²) in [6.07, 6.45) is 5.31. The summed E-state index contributed by atoms with van der Waals surface area (Å²) in [6.45, 7) is 0. The van der Waals surface area contributed by atoms with Crippen molar-refractivity contribution in [2.75, 3.05) is 7.11 Å². The number of rotatable bonds is 3. The van der Waals surface area contributed by atoms with Gasteiger partial charge in [0.25, 0.3) is 11.5 Å². The first kappa shape index (κ1) is 16.9. The van der Waals surface area contributed by atoms with Gasteiger partial charge in [0.2, 0.25) is 0 Å². The third kappa shape index (κ3) is 3.57. The van der Waals surface area contributed by atoms with Crippen LogP contribution in [0.2, 0.25) is 0 Å². The molecule has 1 saturated carbocycles. The Bertz CT molecular complexity index is 858. The number of fused-ring (bicyclic) bond motifs is 1. The average Bonchev–Trinajstić information content (AvgIpc) is 2.79. The first-order valence-corrected chi connectivity index (χ1v) is 8.59. The fourth-order valence-electron chi connectivity index (χ4n) is 3.28. The maximum atomic E-state index is 12.6. The summed E-state index contributed by atoms with van der Waals surface area (Å²) in [4.78, 5) is 29.9. The number of nitrogens with one attached hydrogen (secondary N) is 3. The van der Waals surface area contributed by atoms with Crippen molar-refractivity contribution in [3.63, 3.8) is 0 Å². The summed E-state index contributed by atoms with van der Waals surface area (Å²) < 4.78 is 5.79. The molecule has 1 aliphatic carbocycles. The molecule has 1 aromatic heterocycles. The number of aromatic amines is 2. The minimum absolute atomic E-state index is 0.0124. The van der Waals surface area contributed by atoms with E-state index in [1.807, 2.05) is 0 Å². The summed E-state index contributed by atoms with van der Waals surface area (Å²) in [5, 5.41) is 3.56. The molecule has 24 heavy (non-hydrogen) atoms. The first-order chi connectivity index (χ1) is 11.6. The number of amides is 1. The van der Waals surface area contributed by atoms with Crippen LogP contribution in [0.25, 0.3) is 10.9 Å². The highest BCUT2D eigenvalue weighted by Gasteiger charge is 2.25. The van der Waals surface area contributed by atoms with E-state index in [0.29, 0.717) is 16.5 Å². The maximum Gasteiger partial charge on any atom is 0.259 e. The molecule has 0 bridgehead atoms. The topological polar surface area (TPSA) is 87.0 Å². The Balaban J connectivity index is 1.85. The summed E-state index contributed by atoms with van der Waals surface area (Å²) >= 11 is 4.98. The largest absolute Gasteiger partial charge is 0.379 e. The predicted molar refractivity (Wildman–Crippen MR) is 94.9 cm³/mol. The van der Waals surface area contributed by atoms with Crippen molar-refractivity contribution in [1.29, 1.82) is 0 Å². The molecule has 1 aromatic carbocycles. The van der Waals surface area contributed by atoms with Gasteiger partial charge in [-0.2, -0.15) is 0 Å². The van der Waals surface area contributed by atoms with Crippen LogP contribution in [0.5, 0.6) is 0 Å². The van der Waals surface area contributed by atoms with Gasteiger partial charge in [-0.15, -0.1) is 0 Å². The number of hydrogen-bond donors (Lipinski definition) is 3. The van der Waals surface area contributed by atoms with Crippen molar-refractivity contribution in [2.45, 2.75) is 44.2 Å². The predicted octanol–water partition coefficient (Wildman–Crippen LogP) is 2.66. The third-order valence-corrected chi connectivity index (χ3v) is 4.78. The lowest BCUT2D eigenvalue weighted by atomic mass is 10.0. The Hall–Kier alpha value is -1.99. The highest BCUT2D eigenvalue weighted by molar-refractivity contribution is 7.71. The van der Waals surface area contributed by atoms with Crippen molar-refractivity contribution in [2.24, 2.45) is 0 Å². The van der Waals surface area contributed by atoms with Crippen LogP contribution in [-0.2, 0) is 4.74 Å². The van der Waals surface area contributed by atoms with Crippen LogP contribution in [0.3, 0.4) is 0 Å². The van der Waals surface area contributed by atoms with Gasteiger partial charge in [-0.1, -0.05) is 19.3 Å². The summed E-state index contributed by atoms with van der Waals surface area (Å²) in [7, 11) is 1.69. The van der Waals surface area contributed by atoms with Crippen LogP contribution in [0, 0.1) is 4.77 Å². The minimum atomic E-state index is -0.260. The van der Waals surface area contributed by atoms with E-state index in [4.69, 9.17) is 17.0 Å². The van der Waals surface area contributed by atoms with Gasteiger partial charge in [-0.25, -0.2) is 0 Å². The van der Waals surface area contributed by atoms with E-state index in [-0.39, 0.29) is 28.4 Å². The van der Waals surface area contributed by atoms with Crippen molar-refractivity contribution < 1.29 is 9.53 Å². The second kappa shape index (κ2) is 7.27. The molecule has 1 heterocycles. The summed E-state index contributed by atoms with van der Waals surface area (Å²) in [5.74, 6) is -0.162. The lowest BCUT2D eigenvalue weighted by Gasteiger charge is -2.25. The Kier molecular flexibility index (Phi) is 5.11. The first-order valence-electron chi connectivity index (χ1n) is 8.18. The van der Waals surface area contributed by atoms with Gasteiger partial charge in [0.05, 0.1) is 23.0 Å². The van der Waals surface area contributed by atoms with Gasteiger partial charge in [0.15, 0.2) is 4.77 Å². The molecule has 0 aliphatic heterocycles. The number of methoxy groups -OCH3 is 1. The van der Waals surface area contributed by atoms with Crippen LogP contribution in [0.1, 0.15) is 42.5 Å². The van der Waals surface area contributed by atoms with E-state index in [9.17, 15) is 9.59 Å². The standard InChI is InChI=1S/C17H21N3O3S/c1-23-14-6-4-2-3-5-12(14)18-15(21)10-7-8-11-13(9-10)19-17(24)20-16(11)22/h7-9,12,14H,2-6H2,1H3,(H,18,21)(H2,19,20,22,24)/t12-,14-/m0/s1. The number of H-pyrrole nitrogens is 2. The van der Waals surface area contributed by atoms with E-state index in [1.54, 1.807) is 25.3 Å². The number of benzene rings is 1. The quantitative estimate of drug-likeness (QED) is 0.588. The highest BCUT2D eigenvalue weighted by Crippen LogP contribution is 2.21. The monoisotopic (exact) mass is 347 g/mol. The Morgan fingerprint density at radius 1 is 1.25 bits per heavy atom. The molecular weight excluding hydrogens is 326 g/mol. The van der Waals surface area contributed by atoms with Gasteiger partial charge in [0.1, 0.15) is 0 Å². The molecule has 0 saturated heterocycles. The maximum absolute atomic E-state index is 12.6. The Labute approximate surface area is 144 Å². The van der Waals surface area contributed by atoms with Gasteiger partial charge < -0.3 is 15.0 Å². The van der Waals surface area contributed by atoms with Gasteiger partial charge >= 0.3 is 0 Å². The van der Waals surface area contributed by atoms with Gasteiger partial charge in [-0.3, -0.25) is 14.6 Å². The SMILES string of the molecule is CO[C@H]1CCCCC[C@@H]1NC(=O)c1ccc2c(=O)[nH]c(=S)[nH]c2c1. The number of aromatic nitrogens is 2. The van der Waals surface area contributed by atoms with E-state index in [1.165, 1.54) is 6.42 Å². The molecule has 0 unspecified atom stereocenters. The molecule has 2 atom stereocenters. The molecule has 7 heteroatoms. The molecule has 3 rings (SSSR count). The Morgan fingerprint density at radius 2 is 2.04 bits per heavy atom. The van der Waals surface area contributed by atoms with Crippen LogP contribution in [-0.4, -0.2) is 35.1 Å². The van der Waals surface area contributed by atoms with Crippen molar-refractivity contribution in [3.05, 3.63) is 38.9 Å². The zero-order valence-electron chi connectivity index (χ0n) is 13.6. The van der Waals surface area contributed by atoms with Crippen LogP contribution >= 0.6 is 12.2 Å². The third-order valence-electron chi connectivity index (χ3n) is 4.57. The van der Waals surface area contributed by atoms with Crippen LogP contribution in [0.15, 0.2) is 23.0 Å². The zero-order valence-corrected chi connectivity index (χ0v) is 14.4. The summed E-state index contributed by atoms with van der Waals surface area (Å²) in [5.41, 5.74) is 0.794. The molecule has 1 aliphatic rings. The Morgan fingerprint density at radius 3 is 2.83 bits per heavy atom.